The van der Waals surface area contributed by atoms with Crippen molar-refractivity contribution >= 4 is 11.7 Å². The van der Waals surface area contributed by atoms with Gasteiger partial charge in [-0.2, -0.15) is 0 Å². The number of anilines is 1. The van der Waals surface area contributed by atoms with E-state index in [1.54, 1.807) is 13.2 Å². The van der Waals surface area contributed by atoms with E-state index < -0.39 is 0 Å². The van der Waals surface area contributed by atoms with E-state index in [2.05, 4.69) is 22.2 Å². The molecule has 1 aromatic rings. The second-order valence-corrected chi connectivity index (χ2v) is 4.68. The van der Waals surface area contributed by atoms with Crippen molar-refractivity contribution in [3.63, 3.8) is 0 Å². The molecule has 2 rings (SSSR count). The Kier molecular flexibility index (Phi) is 4.12. The summed E-state index contributed by atoms with van der Waals surface area (Å²) < 4.78 is 0. The lowest BCUT2D eigenvalue weighted by molar-refractivity contribution is 0.0682. The summed E-state index contributed by atoms with van der Waals surface area (Å²) in [7, 11) is 1.77. The van der Waals surface area contributed by atoms with Crippen LogP contribution in [-0.4, -0.2) is 40.9 Å². The zero-order valence-electron chi connectivity index (χ0n) is 11.0. The van der Waals surface area contributed by atoms with Gasteiger partial charge in [0.05, 0.1) is 12.4 Å². The van der Waals surface area contributed by atoms with Crippen LogP contribution in [0.1, 0.15) is 36.7 Å². The van der Waals surface area contributed by atoms with Gasteiger partial charge < -0.3 is 10.2 Å². The van der Waals surface area contributed by atoms with Gasteiger partial charge in [0.15, 0.2) is 0 Å². The Bertz CT molecular complexity index is 413. The fourth-order valence-electron chi connectivity index (χ4n) is 2.30. The number of amides is 1. The molecule has 1 amide bonds. The first-order chi connectivity index (χ1) is 8.74. The quantitative estimate of drug-likeness (QED) is 0.886. The van der Waals surface area contributed by atoms with Crippen LogP contribution in [0.3, 0.4) is 0 Å². The summed E-state index contributed by atoms with van der Waals surface area (Å²) in [5.74, 6) is 1.39. The van der Waals surface area contributed by atoms with Crippen molar-refractivity contribution in [1.29, 1.82) is 0 Å². The molecule has 5 nitrogen and oxygen atoms in total. The van der Waals surface area contributed by atoms with Crippen LogP contribution in [0, 0.1) is 5.92 Å². The zero-order valence-corrected chi connectivity index (χ0v) is 11.0. The normalized spacial score (nSPS) is 16.7. The van der Waals surface area contributed by atoms with Crippen LogP contribution >= 0.6 is 0 Å². The molecule has 1 N–H and O–H groups in total. The Morgan fingerprint density at radius 1 is 1.44 bits per heavy atom. The standard InChI is InChI=1S/C13H20N4O/c1-3-10-4-6-17(7-5-10)13(18)11-8-15-9-12(14-2)16-11/h8-10H,3-7H2,1-2H3,(H,14,16). The second kappa shape index (κ2) is 5.80. The summed E-state index contributed by atoms with van der Waals surface area (Å²) in [6.45, 7) is 3.88. The number of likely N-dealkylation sites (tertiary alicyclic amines) is 1. The molecule has 0 bridgehead atoms. The van der Waals surface area contributed by atoms with Gasteiger partial charge in [-0.25, -0.2) is 4.98 Å². The molecule has 0 atom stereocenters. The van der Waals surface area contributed by atoms with E-state index in [-0.39, 0.29) is 5.91 Å². The van der Waals surface area contributed by atoms with Crippen LogP contribution in [0.4, 0.5) is 5.82 Å². The smallest absolute Gasteiger partial charge is 0.274 e. The van der Waals surface area contributed by atoms with Gasteiger partial charge in [-0.3, -0.25) is 9.78 Å². The number of hydrogen-bond acceptors (Lipinski definition) is 4. The van der Waals surface area contributed by atoms with Crippen LogP contribution in [0.15, 0.2) is 12.4 Å². The first-order valence-corrected chi connectivity index (χ1v) is 6.53. The minimum Gasteiger partial charge on any atom is -0.372 e. The molecule has 0 aromatic carbocycles. The van der Waals surface area contributed by atoms with Crippen molar-refractivity contribution in [3.05, 3.63) is 18.1 Å². The summed E-state index contributed by atoms with van der Waals surface area (Å²) in [6, 6.07) is 0. The predicted octanol–water partition coefficient (Wildman–Crippen LogP) is 1.78. The van der Waals surface area contributed by atoms with Gasteiger partial charge >= 0.3 is 0 Å². The summed E-state index contributed by atoms with van der Waals surface area (Å²) in [5.41, 5.74) is 0.428. The molecule has 2 heterocycles. The van der Waals surface area contributed by atoms with Crippen molar-refractivity contribution in [2.45, 2.75) is 26.2 Å². The lowest BCUT2D eigenvalue weighted by atomic mass is 9.94. The SMILES string of the molecule is CCC1CCN(C(=O)c2cncc(NC)n2)CC1. The van der Waals surface area contributed by atoms with E-state index in [1.165, 1.54) is 12.6 Å². The highest BCUT2D eigenvalue weighted by molar-refractivity contribution is 5.92. The molecule has 1 aliphatic heterocycles. The molecule has 0 saturated carbocycles. The summed E-state index contributed by atoms with van der Waals surface area (Å²) in [4.78, 5) is 22.4. The highest BCUT2D eigenvalue weighted by atomic mass is 16.2. The fraction of sp³-hybridized carbons (Fsp3) is 0.615. The summed E-state index contributed by atoms with van der Waals surface area (Å²) in [5, 5.41) is 2.90. The van der Waals surface area contributed by atoms with E-state index in [0.29, 0.717) is 11.5 Å². The van der Waals surface area contributed by atoms with Crippen LogP contribution in [0.2, 0.25) is 0 Å². The topological polar surface area (TPSA) is 58.1 Å². The molecule has 0 spiro atoms. The molecule has 98 valence electrons. The maximum Gasteiger partial charge on any atom is 0.274 e. The predicted molar refractivity (Wildman–Crippen MR) is 70.5 cm³/mol. The molecule has 1 aliphatic rings. The fourth-order valence-corrected chi connectivity index (χ4v) is 2.30. The van der Waals surface area contributed by atoms with Gasteiger partial charge in [-0.1, -0.05) is 13.3 Å². The van der Waals surface area contributed by atoms with Gasteiger partial charge in [0, 0.05) is 20.1 Å². The number of piperidine rings is 1. The maximum atomic E-state index is 12.3. The molecule has 5 heteroatoms. The third kappa shape index (κ3) is 2.78. The van der Waals surface area contributed by atoms with Crippen molar-refractivity contribution in [2.75, 3.05) is 25.5 Å². The Morgan fingerprint density at radius 2 is 2.17 bits per heavy atom. The molecule has 18 heavy (non-hydrogen) atoms. The molecule has 0 aliphatic carbocycles. The van der Waals surface area contributed by atoms with Crippen LogP contribution in [-0.2, 0) is 0 Å². The minimum atomic E-state index is -0.00541. The lowest BCUT2D eigenvalue weighted by Gasteiger charge is -2.31. The largest absolute Gasteiger partial charge is 0.372 e. The van der Waals surface area contributed by atoms with E-state index in [1.807, 2.05) is 4.90 Å². The highest BCUT2D eigenvalue weighted by Gasteiger charge is 2.23. The van der Waals surface area contributed by atoms with E-state index in [0.717, 1.165) is 31.8 Å². The van der Waals surface area contributed by atoms with Gasteiger partial charge in [-0.05, 0) is 18.8 Å². The Labute approximate surface area is 108 Å². The van der Waals surface area contributed by atoms with Gasteiger partial charge in [0.25, 0.3) is 5.91 Å². The average Bonchev–Trinajstić information content (AvgIpc) is 2.46. The highest BCUT2D eigenvalue weighted by Crippen LogP contribution is 2.21. The zero-order chi connectivity index (χ0) is 13.0. The number of nitrogens with one attached hydrogen (secondary N) is 1. The van der Waals surface area contributed by atoms with Crippen molar-refractivity contribution in [3.8, 4) is 0 Å². The number of carbonyl (C=O) groups is 1. The van der Waals surface area contributed by atoms with Crippen molar-refractivity contribution in [2.24, 2.45) is 5.92 Å². The number of carbonyl (C=O) groups excluding carboxylic acids is 1. The number of hydrogen-bond donors (Lipinski definition) is 1. The third-order valence-corrected chi connectivity index (χ3v) is 3.59. The van der Waals surface area contributed by atoms with Gasteiger partial charge in [0.2, 0.25) is 0 Å². The maximum absolute atomic E-state index is 12.3. The van der Waals surface area contributed by atoms with Crippen LogP contribution in [0.5, 0.6) is 0 Å². The Morgan fingerprint density at radius 3 is 2.78 bits per heavy atom. The molecular weight excluding hydrogens is 228 g/mol. The van der Waals surface area contributed by atoms with E-state index in [9.17, 15) is 4.79 Å². The minimum absolute atomic E-state index is 0.00541. The Balaban J connectivity index is 2.03. The molecule has 1 fully saturated rings. The molecule has 1 saturated heterocycles. The van der Waals surface area contributed by atoms with Crippen molar-refractivity contribution in [1.82, 2.24) is 14.9 Å². The van der Waals surface area contributed by atoms with Gasteiger partial charge in [-0.15, -0.1) is 0 Å². The summed E-state index contributed by atoms with van der Waals surface area (Å²) >= 11 is 0. The first-order valence-electron chi connectivity index (χ1n) is 6.53. The number of rotatable bonds is 3. The first kappa shape index (κ1) is 12.8. The number of aromatic nitrogens is 2. The van der Waals surface area contributed by atoms with Crippen LogP contribution < -0.4 is 5.32 Å². The molecule has 1 aromatic heterocycles. The molecule has 0 unspecified atom stereocenters. The second-order valence-electron chi connectivity index (χ2n) is 4.68. The number of nitrogens with zero attached hydrogens (tertiary/aromatic N) is 3. The average molecular weight is 248 g/mol. The molecule has 0 radical (unpaired) electrons. The van der Waals surface area contributed by atoms with E-state index >= 15 is 0 Å². The van der Waals surface area contributed by atoms with E-state index in [4.69, 9.17) is 0 Å². The molecular formula is C13H20N4O. The monoisotopic (exact) mass is 248 g/mol. The summed E-state index contributed by atoms with van der Waals surface area (Å²) in [6.07, 6.45) is 6.55. The van der Waals surface area contributed by atoms with Gasteiger partial charge in [0.1, 0.15) is 11.5 Å². The lowest BCUT2D eigenvalue weighted by Crippen LogP contribution is -2.38. The third-order valence-electron chi connectivity index (χ3n) is 3.59. The Hall–Kier alpha value is -1.65. The van der Waals surface area contributed by atoms with Crippen molar-refractivity contribution < 1.29 is 4.79 Å². The van der Waals surface area contributed by atoms with Crippen LogP contribution in [0.25, 0.3) is 0 Å².